The highest BCUT2D eigenvalue weighted by atomic mass is 32.2. The summed E-state index contributed by atoms with van der Waals surface area (Å²) in [5, 5.41) is 13.6. The Morgan fingerprint density at radius 2 is 2.11 bits per heavy atom. The van der Waals surface area contributed by atoms with E-state index in [-0.39, 0.29) is 0 Å². The first-order valence-corrected chi connectivity index (χ1v) is 8.03. The molecule has 0 aliphatic heterocycles. The summed E-state index contributed by atoms with van der Waals surface area (Å²) in [5.41, 5.74) is 0.708. The second-order valence-electron chi connectivity index (χ2n) is 5.22. The van der Waals surface area contributed by atoms with Crippen molar-refractivity contribution in [3.8, 4) is 5.75 Å². The lowest BCUT2D eigenvalue weighted by Crippen LogP contribution is -2.37. The molecule has 1 aliphatic rings. The van der Waals surface area contributed by atoms with Gasteiger partial charge in [0, 0.05) is 18.0 Å². The average Bonchev–Trinajstić information content (AvgIpc) is 2.85. The molecule has 4 heteroatoms. The quantitative estimate of drug-likeness (QED) is 0.787. The Morgan fingerprint density at radius 3 is 2.74 bits per heavy atom. The van der Waals surface area contributed by atoms with Crippen molar-refractivity contribution in [3.05, 3.63) is 23.8 Å². The Morgan fingerprint density at radius 1 is 1.37 bits per heavy atom. The van der Waals surface area contributed by atoms with E-state index < -0.39 is 5.60 Å². The third-order valence-electron chi connectivity index (χ3n) is 3.77. The van der Waals surface area contributed by atoms with E-state index >= 15 is 0 Å². The van der Waals surface area contributed by atoms with E-state index in [2.05, 4.69) is 23.5 Å². The normalized spacial score (nSPS) is 17.6. The van der Waals surface area contributed by atoms with E-state index in [1.54, 1.807) is 18.9 Å². The van der Waals surface area contributed by atoms with Crippen LogP contribution in [0.5, 0.6) is 5.75 Å². The summed E-state index contributed by atoms with van der Waals surface area (Å²) in [6, 6.07) is 6.27. The molecule has 1 fully saturated rings. The van der Waals surface area contributed by atoms with Gasteiger partial charge in [0.15, 0.2) is 0 Å². The number of ether oxygens (including phenoxy) is 1. The Kier molecular flexibility index (Phi) is 5.13. The lowest BCUT2D eigenvalue weighted by atomic mass is 10.0. The largest absolute Gasteiger partial charge is 0.496 e. The van der Waals surface area contributed by atoms with E-state index in [1.165, 1.54) is 5.56 Å². The highest BCUT2D eigenvalue weighted by molar-refractivity contribution is 7.98. The monoisotopic (exact) mass is 281 g/mol. The molecule has 0 amide bonds. The number of thioether (sulfide) groups is 1. The van der Waals surface area contributed by atoms with Crippen LogP contribution in [0.2, 0.25) is 0 Å². The van der Waals surface area contributed by atoms with Crippen LogP contribution in [0.3, 0.4) is 0 Å². The van der Waals surface area contributed by atoms with Gasteiger partial charge in [-0.25, -0.2) is 0 Å². The van der Waals surface area contributed by atoms with Crippen molar-refractivity contribution in [2.24, 2.45) is 0 Å². The molecule has 19 heavy (non-hydrogen) atoms. The second-order valence-corrected chi connectivity index (χ2v) is 6.07. The molecule has 1 saturated carbocycles. The SMILES string of the molecule is COc1cc(CNCC2(O)CCCC2)ccc1SC. The number of methoxy groups -OCH3 is 1. The summed E-state index contributed by atoms with van der Waals surface area (Å²) in [6.07, 6.45) is 6.19. The minimum absolute atomic E-state index is 0.483. The summed E-state index contributed by atoms with van der Waals surface area (Å²) in [5.74, 6) is 0.923. The predicted molar refractivity (Wildman–Crippen MR) is 79.9 cm³/mol. The highest BCUT2D eigenvalue weighted by Crippen LogP contribution is 2.30. The van der Waals surface area contributed by atoms with E-state index in [4.69, 9.17) is 4.74 Å². The van der Waals surface area contributed by atoms with Crippen LogP contribution in [0.4, 0.5) is 0 Å². The lowest BCUT2D eigenvalue weighted by Gasteiger charge is -2.22. The fourth-order valence-corrected chi connectivity index (χ4v) is 3.19. The third kappa shape index (κ3) is 3.88. The first-order chi connectivity index (χ1) is 9.17. The van der Waals surface area contributed by atoms with Crippen molar-refractivity contribution in [2.45, 2.75) is 42.7 Å². The molecule has 0 unspecified atom stereocenters. The minimum Gasteiger partial charge on any atom is -0.496 e. The maximum absolute atomic E-state index is 10.3. The standard InChI is InChI=1S/C15H23NO2S/c1-18-13-9-12(5-6-14(13)19-2)10-16-11-15(17)7-3-4-8-15/h5-6,9,16-17H,3-4,7-8,10-11H2,1-2H3. The number of nitrogens with one attached hydrogen (secondary N) is 1. The van der Waals surface area contributed by atoms with E-state index in [9.17, 15) is 5.11 Å². The van der Waals surface area contributed by atoms with Crippen molar-refractivity contribution < 1.29 is 9.84 Å². The van der Waals surface area contributed by atoms with Crippen molar-refractivity contribution in [3.63, 3.8) is 0 Å². The van der Waals surface area contributed by atoms with Crippen LogP contribution in [0, 0.1) is 0 Å². The molecule has 1 aromatic carbocycles. The van der Waals surface area contributed by atoms with Crippen LogP contribution in [0.15, 0.2) is 23.1 Å². The molecule has 2 rings (SSSR count). The summed E-state index contributed by atoms with van der Waals surface area (Å²) < 4.78 is 5.38. The number of hydrogen-bond donors (Lipinski definition) is 2. The molecule has 1 aliphatic carbocycles. The molecule has 2 N–H and O–H groups in total. The van der Waals surface area contributed by atoms with Crippen molar-refractivity contribution >= 4 is 11.8 Å². The summed E-state index contributed by atoms with van der Waals surface area (Å²) in [7, 11) is 1.70. The van der Waals surface area contributed by atoms with Gasteiger partial charge < -0.3 is 15.2 Å². The predicted octanol–water partition coefficient (Wildman–Crippen LogP) is 2.81. The van der Waals surface area contributed by atoms with E-state index in [0.717, 1.165) is 42.9 Å². The van der Waals surface area contributed by atoms with Gasteiger partial charge in [-0.3, -0.25) is 0 Å². The summed E-state index contributed by atoms with van der Waals surface area (Å²) in [4.78, 5) is 1.15. The molecule has 0 aromatic heterocycles. The number of hydrogen-bond acceptors (Lipinski definition) is 4. The zero-order valence-corrected chi connectivity index (χ0v) is 12.6. The Balaban J connectivity index is 1.89. The molecule has 0 radical (unpaired) electrons. The van der Waals surface area contributed by atoms with Gasteiger partial charge in [0.05, 0.1) is 12.7 Å². The molecule has 0 saturated heterocycles. The number of aliphatic hydroxyl groups is 1. The minimum atomic E-state index is -0.483. The van der Waals surface area contributed by atoms with Crippen LogP contribution in [0.1, 0.15) is 31.2 Å². The van der Waals surface area contributed by atoms with E-state index in [0.29, 0.717) is 6.54 Å². The number of rotatable bonds is 6. The molecular formula is C15H23NO2S. The smallest absolute Gasteiger partial charge is 0.132 e. The van der Waals surface area contributed by atoms with Crippen molar-refractivity contribution in [1.82, 2.24) is 5.32 Å². The van der Waals surface area contributed by atoms with Crippen molar-refractivity contribution in [2.75, 3.05) is 19.9 Å². The van der Waals surface area contributed by atoms with Gasteiger partial charge in [0.2, 0.25) is 0 Å². The molecule has 0 heterocycles. The second kappa shape index (κ2) is 6.64. The van der Waals surface area contributed by atoms with Crippen LogP contribution < -0.4 is 10.1 Å². The maximum Gasteiger partial charge on any atom is 0.132 e. The van der Waals surface area contributed by atoms with Gasteiger partial charge in [-0.15, -0.1) is 11.8 Å². The van der Waals surface area contributed by atoms with Crippen LogP contribution in [0.25, 0.3) is 0 Å². The first kappa shape index (κ1) is 14.7. The Bertz CT molecular complexity index is 417. The first-order valence-electron chi connectivity index (χ1n) is 6.81. The average molecular weight is 281 g/mol. The molecule has 3 nitrogen and oxygen atoms in total. The molecule has 0 bridgehead atoms. The fourth-order valence-electron chi connectivity index (χ4n) is 2.64. The summed E-state index contributed by atoms with van der Waals surface area (Å²) >= 11 is 1.69. The lowest BCUT2D eigenvalue weighted by molar-refractivity contribution is 0.0475. The highest BCUT2D eigenvalue weighted by Gasteiger charge is 2.30. The topological polar surface area (TPSA) is 41.5 Å². The third-order valence-corrected chi connectivity index (χ3v) is 4.54. The van der Waals surface area contributed by atoms with Gasteiger partial charge in [-0.2, -0.15) is 0 Å². The summed E-state index contributed by atoms with van der Waals surface area (Å²) in [6.45, 7) is 1.45. The molecular weight excluding hydrogens is 258 g/mol. The Labute approximate surface area is 119 Å². The molecule has 0 spiro atoms. The van der Waals surface area contributed by atoms with Gasteiger partial charge in [-0.05, 0) is 36.8 Å². The van der Waals surface area contributed by atoms with Crippen molar-refractivity contribution in [1.29, 1.82) is 0 Å². The zero-order valence-electron chi connectivity index (χ0n) is 11.7. The zero-order chi connectivity index (χ0) is 13.7. The maximum atomic E-state index is 10.3. The fraction of sp³-hybridized carbons (Fsp3) is 0.600. The molecule has 0 atom stereocenters. The molecule has 1 aromatic rings. The van der Waals surface area contributed by atoms with Gasteiger partial charge in [-0.1, -0.05) is 18.9 Å². The van der Waals surface area contributed by atoms with Crippen LogP contribution in [-0.2, 0) is 6.54 Å². The molecule has 106 valence electrons. The number of benzene rings is 1. The van der Waals surface area contributed by atoms with Crippen LogP contribution in [-0.4, -0.2) is 30.6 Å². The van der Waals surface area contributed by atoms with Gasteiger partial charge in [0.25, 0.3) is 0 Å². The van der Waals surface area contributed by atoms with Gasteiger partial charge in [0.1, 0.15) is 5.75 Å². The van der Waals surface area contributed by atoms with Gasteiger partial charge >= 0.3 is 0 Å². The Hall–Kier alpha value is -0.710. The van der Waals surface area contributed by atoms with E-state index in [1.807, 2.05) is 6.26 Å². The van der Waals surface area contributed by atoms with Crippen LogP contribution >= 0.6 is 11.8 Å².